The molecule has 6 heteroatoms. The maximum Gasteiger partial charge on any atom is 0.167 e. The molecule has 4 heterocycles. The molecule has 0 amide bonds. The summed E-state index contributed by atoms with van der Waals surface area (Å²) in [6, 6.07) is 62.6. The number of furan rings is 2. The number of benzene rings is 8. The molecular formula is C51H30N4O2. The number of hydrogen-bond acceptors (Lipinski definition) is 5. The molecule has 0 fully saturated rings. The van der Waals surface area contributed by atoms with E-state index in [2.05, 4.69) is 114 Å². The Morgan fingerprint density at radius 3 is 1.81 bits per heavy atom. The van der Waals surface area contributed by atoms with Gasteiger partial charge in [0.2, 0.25) is 0 Å². The molecule has 12 aromatic rings. The third-order valence-corrected chi connectivity index (χ3v) is 11.1. The molecule has 0 atom stereocenters. The Labute approximate surface area is 325 Å². The van der Waals surface area contributed by atoms with E-state index in [-0.39, 0.29) is 0 Å². The summed E-state index contributed by atoms with van der Waals surface area (Å²) in [5, 5.41) is 6.36. The van der Waals surface area contributed by atoms with Gasteiger partial charge in [0, 0.05) is 43.4 Å². The van der Waals surface area contributed by atoms with E-state index in [1.807, 2.05) is 72.8 Å². The van der Waals surface area contributed by atoms with E-state index in [0.29, 0.717) is 17.5 Å². The third-order valence-electron chi connectivity index (χ3n) is 11.1. The Morgan fingerprint density at radius 1 is 0.351 bits per heavy atom. The normalized spacial score (nSPS) is 11.9. The summed E-state index contributed by atoms with van der Waals surface area (Å²) in [5.74, 6) is 1.66. The second kappa shape index (κ2) is 12.3. The monoisotopic (exact) mass is 730 g/mol. The summed E-state index contributed by atoms with van der Waals surface area (Å²) in [6.07, 6.45) is 0. The van der Waals surface area contributed by atoms with Crippen LogP contribution in [0.15, 0.2) is 191 Å². The average molecular weight is 731 g/mol. The van der Waals surface area contributed by atoms with Crippen molar-refractivity contribution in [2.45, 2.75) is 0 Å². The lowest BCUT2D eigenvalue weighted by atomic mass is 10.0. The van der Waals surface area contributed by atoms with E-state index >= 15 is 0 Å². The van der Waals surface area contributed by atoms with Crippen molar-refractivity contribution in [3.8, 4) is 51.0 Å². The van der Waals surface area contributed by atoms with Gasteiger partial charge in [0.05, 0.1) is 22.3 Å². The van der Waals surface area contributed by atoms with Crippen LogP contribution >= 0.6 is 0 Å². The summed E-state index contributed by atoms with van der Waals surface area (Å²) in [5.41, 5.74) is 11.2. The van der Waals surface area contributed by atoms with Gasteiger partial charge < -0.3 is 13.4 Å². The second-order valence-electron chi connectivity index (χ2n) is 14.3. The fourth-order valence-electron chi connectivity index (χ4n) is 8.49. The fourth-order valence-corrected chi connectivity index (χ4v) is 8.49. The standard InChI is InChI=1S/C51H30N4O2/c1-3-14-31(15-4-1)33-28-29-35-34-18-7-9-24-41(34)55(43(35)30-33)42-25-12-21-38-46-39(22-13-27-45(46)57-48(38)42)50-52-49(32-16-5-2-6-17-32)53-51(54-50)40-23-11-20-37-36-19-8-10-26-44(36)56-47(37)40/h1-30H. The van der Waals surface area contributed by atoms with Crippen LogP contribution < -0.4 is 0 Å². The number of rotatable bonds is 5. The molecule has 0 radical (unpaired) electrons. The first-order valence-corrected chi connectivity index (χ1v) is 19.0. The maximum absolute atomic E-state index is 6.90. The zero-order valence-corrected chi connectivity index (χ0v) is 30.4. The minimum atomic E-state index is 0.536. The Kier molecular flexibility index (Phi) is 6.83. The van der Waals surface area contributed by atoms with Crippen LogP contribution in [0, 0.1) is 0 Å². The highest BCUT2D eigenvalue weighted by molar-refractivity contribution is 6.16. The number of nitrogens with zero attached hydrogens (tertiary/aromatic N) is 4. The molecule has 0 bridgehead atoms. The Bertz CT molecular complexity index is 3530. The molecule has 0 unspecified atom stereocenters. The summed E-state index contributed by atoms with van der Waals surface area (Å²) in [4.78, 5) is 15.4. The van der Waals surface area contributed by atoms with Crippen LogP contribution in [0.3, 0.4) is 0 Å². The van der Waals surface area contributed by atoms with Crippen molar-refractivity contribution in [2.75, 3.05) is 0 Å². The van der Waals surface area contributed by atoms with Gasteiger partial charge in [-0.05, 0) is 47.5 Å². The van der Waals surface area contributed by atoms with Crippen LogP contribution in [0.25, 0.3) is 117 Å². The molecule has 0 saturated carbocycles. The average Bonchev–Trinajstić information content (AvgIpc) is 3.96. The predicted octanol–water partition coefficient (Wildman–Crippen LogP) is 13.4. The Balaban J connectivity index is 1.10. The van der Waals surface area contributed by atoms with Crippen LogP contribution in [-0.4, -0.2) is 19.5 Å². The van der Waals surface area contributed by atoms with Crippen LogP contribution in [0.4, 0.5) is 0 Å². The van der Waals surface area contributed by atoms with Crippen LogP contribution in [0.5, 0.6) is 0 Å². The van der Waals surface area contributed by atoms with Crippen molar-refractivity contribution in [1.82, 2.24) is 19.5 Å². The molecule has 57 heavy (non-hydrogen) atoms. The van der Waals surface area contributed by atoms with Crippen molar-refractivity contribution in [2.24, 2.45) is 0 Å². The van der Waals surface area contributed by atoms with E-state index in [0.717, 1.165) is 82.9 Å². The molecule has 0 spiro atoms. The van der Waals surface area contributed by atoms with E-state index in [1.54, 1.807) is 0 Å². The van der Waals surface area contributed by atoms with Gasteiger partial charge in [-0.1, -0.05) is 146 Å². The van der Waals surface area contributed by atoms with Gasteiger partial charge >= 0.3 is 0 Å². The van der Waals surface area contributed by atoms with Gasteiger partial charge in [-0.25, -0.2) is 15.0 Å². The topological polar surface area (TPSA) is 69.9 Å². The minimum Gasteiger partial charge on any atom is -0.455 e. The molecule has 12 rings (SSSR count). The van der Waals surface area contributed by atoms with E-state index in [1.165, 1.54) is 16.3 Å². The molecule has 4 aromatic heterocycles. The lowest BCUT2D eigenvalue weighted by Crippen LogP contribution is -2.00. The van der Waals surface area contributed by atoms with Gasteiger partial charge in [-0.15, -0.1) is 0 Å². The fraction of sp³-hybridized carbons (Fsp3) is 0. The van der Waals surface area contributed by atoms with Crippen molar-refractivity contribution in [1.29, 1.82) is 0 Å². The van der Waals surface area contributed by atoms with Gasteiger partial charge in [0.25, 0.3) is 0 Å². The van der Waals surface area contributed by atoms with E-state index in [9.17, 15) is 0 Å². The van der Waals surface area contributed by atoms with Crippen molar-refractivity contribution in [3.05, 3.63) is 182 Å². The Morgan fingerprint density at radius 2 is 0.947 bits per heavy atom. The Hall–Kier alpha value is -7.83. The highest BCUT2D eigenvalue weighted by Gasteiger charge is 2.23. The predicted molar refractivity (Wildman–Crippen MR) is 230 cm³/mol. The number of aromatic nitrogens is 4. The summed E-state index contributed by atoms with van der Waals surface area (Å²) in [6.45, 7) is 0. The maximum atomic E-state index is 6.90. The van der Waals surface area contributed by atoms with Crippen LogP contribution in [0.1, 0.15) is 0 Å². The van der Waals surface area contributed by atoms with Gasteiger partial charge in [0.15, 0.2) is 23.1 Å². The van der Waals surface area contributed by atoms with Gasteiger partial charge in [-0.3, -0.25) is 0 Å². The first-order chi connectivity index (χ1) is 28.3. The zero-order valence-electron chi connectivity index (χ0n) is 30.4. The number of hydrogen-bond donors (Lipinski definition) is 0. The molecule has 0 N–H and O–H groups in total. The smallest absolute Gasteiger partial charge is 0.167 e. The van der Waals surface area contributed by atoms with Gasteiger partial charge in [0.1, 0.15) is 16.7 Å². The number of para-hydroxylation sites is 4. The SMILES string of the molecule is c1ccc(-c2ccc3c4ccccc4n(-c4cccc5c4oc4cccc(-c6nc(-c7ccccc7)nc(-c7cccc8c7oc7ccccc78)n6)c45)c3c2)cc1. The molecular weight excluding hydrogens is 701 g/mol. The highest BCUT2D eigenvalue weighted by atomic mass is 16.3. The van der Waals surface area contributed by atoms with Crippen molar-refractivity contribution < 1.29 is 8.83 Å². The molecule has 6 nitrogen and oxygen atoms in total. The molecule has 266 valence electrons. The molecule has 0 aliphatic rings. The van der Waals surface area contributed by atoms with E-state index < -0.39 is 0 Å². The van der Waals surface area contributed by atoms with Crippen molar-refractivity contribution in [3.63, 3.8) is 0 Å². The number of fused-ring (bicyclic) bond motifs is 9. The quantitative estimate of drug-likeness (QED) is 0.176. The van der Waals surface area contributed by atoms with Crippen LogP contribution in [0.2, 0.25) is 0 Å². The molecule has 8 aromatic carbocycles. The molecule has 0 aliphatic heterocycles. The lowest BCUT2D eigenvalue weighted by Gasteiger charge is -2.10. The first-order valence-electron chi connectivity index (χ1n) is 19.0. The van der Waals surface area contributed by atoms with E-state index in [4.69, 9.17) is 23.8 Å². The summed E-state index contributed by atoms with van der Waals surface area (Å²) < 4.78 is 15.7. The largest absolute Gasteiger partial charge is 0.455 e. The summed E-state index contributed by atoms with van der Waals surface area (Å²) in [7, 11) is 0. The van der Waals surface area contributed by atoms with Gasteiger partial charge in [-0.2, -0.15) is 0 Å². The second-order valence-corrected chi connectivity index (χ2v) is 14.3. The first kappa shape index (κ1) is 31.5. The minimum absolute atomic E-state index is 0.536. The molecule has 0 aliphatic carbocycles. The molecule has 0 saturated heterocycles. The summed E-state index contributed by atoms with van der Waals surface area (Å²) >= 11 is 0. The lowest BCUT2D eigenvalue weighted by molar-refractivity contribution is 0.666. The van der Waals surface area contributed by atoms with Crippen LogP contribution in [-0.2, 0) is 0 Å². The highest BCUT2D eigenvalue weighted by Crippen LogP contribution is 2.42. The third kappa shape index (κ3) is 4.87. The van der Waals surface area contributed by atoms with Crippen molar-refractivity contribution >= 4 is 65.7 Å². The zero-order chi connectivity index (χ0) is 37.5.